The van der Waals surface area contributed by atoms with Crippen LogP contribution < -0.4 is 5.30 Å². The van der Waals surface area contributed by atoms with Crippen LogP contribution in [0.4, 0.5) is 21.2 Å². The van der Waals surface area contributed by atoms with Gasteiger partial charge in [-0.3, -0.25) is 0 Å². The predicted octanol–water partition coefficient (Wildman–Crippen LogP) is 8.48. The van der Waals surface area contributed by atoms with Crippen LogP contribution >= 0.6 is 7.85 Å². The second-order valence-electron chi connectivity index (χ2n) is 12.9. The molecular weight excluding hydrogens is 438 g/mol. The molecule has 176 valence electrons. The summed E-state index contributed by atoms with van der Waals surface area (Å²) in [5.41, 5.74) is 0.487. The number of halogens is 5. The van der Waals surface area contributed by atoms with Crippen LogP contribution in [0.3, 0.4) is 0 Å². The van der Waals surface area contributed by atoms with Gasteiger partial charge in [0.15, 0.2) is 0 Å². The third-order valence-electron chi connectivity index (χ3n) is 10.7. The van der Waals surface area contributed by atoms with E-state index in [0.717, 1.165) is 69.4 Å². The van der Waals surface area contributed by atoms with E-state index in [2.05, 4.69) is 0 Å². The van der Waals surface area contributed by atoms with Crippen molar-refractivity contribution >= 4 is 13.2 Å². The van der Waals surface area contributed by atoms with Gasteiger partial charge in [-0.1, -0.05) is 0 Å². The molecule has 6 heteroatoms. The van der Waals surface area contributed by atoms with Gasteiger partial charge in [0.2, 0.25) is 0 Å². The molecule has 8 aliphatic carbocycles. The second kappa shape index (κ2) is 6.10. The summed E-state index contributed by atoms with van der Waals surface area (Å²) in [7, 11) is -8.19. The average Bonchev–Trinajstić information content (AvgIpc) is 2.63. The first-order valence-electron chi connectivity index (χ1n) is 12.7. The van der Waals surface area contributed by atoms with Gasteiger partial charge >= 0.3 is 187 Å². The summed E-state index contributed by atoms with van der Waals surface area (Å²) in [5, 5.41) is -1.57. The van der Waals surface area contributed by atoms with Gasteiger partial charge in [-0.2, -0.15) is 0 Å². The van der Waals surface area contributed by atoms with Crippen molar-refractivity contribution in [2.75, 3.05) is 0 Å². The van der Waals surface area contributed by atoms with E-state index in [1.807, 2.05) is 0 Å². The van der Waals surface area contributed by atoms with Crippen molar-refractivity contribution in [2.24, 2.45) is 35.5 Å². The third-order valence-corrected chi connectivity index (χ3v) is 11.7. The van der Waals surface area contributed by atoms with E-state index in [4.69, 9.17) is 0 Å². The molecule has 0 aromatic heterocycles. The monoisotopic (exact) mass is 470 g/mol. The number of rotatable bonds is 3. The summed E-state index contributed by atoms with van der Waals surface area (Å²) in [6.07, 6.45) is 12.5. The molecule has 1 aromatic rings. The van der Waals surface area contributed by atoms with Crippen LogP contribution in [0.15, 0.2) is 12.1 Å². The molecule has 8 fully saturated rings. The topological polar surface area (TPSA) is 0 Å². The standard InChI is InChI=1S/C26H32F5P/c27-24-22(32(28,29,30)31)2-1-21(25-9-15-3-16(10-25)5-17(4-15)11-25)23(24)26-12-18-6-19(13-26)8-20(7-18)14-26/h1-2,15-20H,3-14H2. The minimum absolute atomic E-state index is 0.192. The van der Waals surface area contributed by atoms with Crippen molar-refractivity contribution in [2.45, 2.75) is 87.9 Å². The van der Waals surface area contributed by atoms with Crippen LogP contribution in [0, 0.1) is 41.3 Å². The molecule has 0 heterocycles. The van der Waals surface area contributed by atoms with E-state index in [1.165, 1.54) is 19.3 Å². The van der Waals surface area contributed by atoms with E-state index in [-0.39, 0.29) is 5.41 Å². The van der Waals surface area contributed by atoms with Gasteiger partial charge < -0.3 is 0 Å². The van der Waals surface area contributed by atoms with Gasteiger partial charge in [0.05, 0.1) is 0 Å². The van der Waals surface area contributed by atoms with Crippen LogP contribution in [-0.4, -0.2) is 0 Å². The van der Waals surface area contributed by atoms with Crippen LogP contribution in [0.5, 0.6) is 0 Å². The molecule has 0 atom stereocenters. The molecule has 0 amide bonds. The van der Waals surface area contributed by atoms with Crippen molar-refractivity contribution in [1.82, 2.24) is 0 Å². The van der Waals surface area contributed by atoms with Crippen LogP contribution in [0.2, 0.25) is 0 Å². The molecule has 0 spiro atoms. The average molecular weight is 471 g/mol. The normalized spacial score (nSPS) is 47.6. The quantitative estimate of drug-likeness (QED) is 0.307. The molecule has 9 rings (SSSR count). The van der Waals surface area contributed by atoms with E-state index in [0.29, 0.717) is 41.1 Å². The molecule has 0 aliphatic heterocycles. The molecule has 0 saturated heterocycles. The Hall–Kier alpha value is -0.700. The minimum atomic E-state index is -8.19. The number of hydrogen-bond acceptors (Lipinski definition) is 0. The van der Waals surface area contributed by atoms with Crippen molar-refractivity contribution in [3.05, 3.63) is 29.1 Å². The Bertz CT molecular complexity index is 912. The summed E-state index contributed by atoms with van der Waals surface area (Å²) < 4.78 is 72.2. The zero-order valence-corrected chi connectivity index (χ0v) is 19.3. The fourth-order valence-electron chi connectivity index (χ4n) is 10.6. The molecule has 32 heavy (non-hydrogen) atoms. The van der Waals surface area contributed by atoms with Gasteiger partial charge in [0.25, 0.3) is 0 Å². The molecule has 8 saturated carbocycles. The van der Waals surface area contributed by atoms with E-state index < -0.39 is 24.4 Å². The van der Waals surface area contributed by atoms with Crippen LogP contribution in [0.25, 0.3) is 0 Å². The molecule has 8 bridgehead atoms. The Kier molecular flexibility index (Phi) is 3.94. The Morgan fingerprint density at radius 2 is 0.969 bits per heavy atom. The molecular formula is C26H32F5P. The maximum atomic E-state index is 16.1. The van der Waals surface area contributed by atoms with E-state index >= 15 is 4.39 Å². The van der Waals surface area contributed by atoms with Gasteiger partial charge in [-0.25, -0.2) is 0 Å². The summed E-state index contributed by atoms with van der Waals surface area (Å²) >= 11 is 0. The summed E-state index contributed by atoms with van der Waals surface area (Å²) in [6.45, 7) is 0. The first kappa shape index (κ1) is 20.7. The van der Waals surface area contributed by atoms with E-state index in [1.54, 1.807) is 6.07 Å². The maximum absolute atomic E-state index is 16.1. The Morgan fingerprint density at radius 1 is 0.594 bits per heavy atom. The first-order chi connectivity index (χ1) is 15.0. The summed E-state index contributed by atoms with van der Waals surface area (Å²) in [4.78, 5) is 0. The first-order valence-corrected chi connectivity index (χ1v) is 14.5. The third kappa shape index (κ3) is 2.88. The van der Waals surface area contributed by atoms with Gasteiger partial charge in [0, 0.05) is 0 Å². The fraction of sp³-hybridized carbons (Fsp3) is 0.769. The summed E-state index contributed by atoms with van der Waals surface area (Å²) in [6, 6.07) is 2.34. The Labute approximate surface area is 187 Å². The van der Waals surface area contributed by atoms with Crippen molar-refractivity contribution in [1.29, 1.82) is 0 Å². The number of hydrogen-bond donors (Lipinski definition) is 0. The molecule has 8 aliphatic rings. The zero-order chi connectivity index (χ0) is 22.1. The van der Waals surface area contributed by atoms with Crippen LogP contribution in [-0.2, 0) is 10.8 Å². The fourth-order valence-corrected chi connectivity index (χ4v) is 11.4. The van der Waals surface area contributed by atoms with Gasteiger partial charge in [0.1, 0.15) is 0 Å². The molecule has 0 nitrogen and oxygen atoms in total. The zero-order valence-electron chi connectivity index (χ0n) is 18.4. The van der Waals surface area contributed by atoms with E-state index in [9.17, 15) is 16.8 Å². The molecule has 0 N–H and O–H groups in total. The Balaban J connectivity index is 1.45. The molecule has 0 radical (unpaired) electrons. The van der Waals surface area contributed by atoms with Crippen molar-refractivity contribution < 1.29 is 21.2 Å². The van der Waals surface area contributed by atoms with Crippen molar-refractivity contribution in [3.8, 4) is 0 Å². The van der Waals surface area contributed by atoms with Crippen molar-refractivity contribution in [3.63, 3.8) is 0 Å². The molecule has 0 unspecified atom stereocenters. The van der Waals surface area contributed by atoms with Gasteiger partial charge in [-0.05, 0) is 0 Å². The van der Waals surface area contributed by atoms with Gasteiger partial charge in [-0.15, -0.1) is 0 Å². The molecule has 1 aromatic carbocycles. The second-order valence-corrected chi connectivity index (χ2v) is 14.9. The van der Waals surface area contributed by atoms with Crippen LogP contribution in [0.1, 0.15) is 88.2 Å². The predicted molar refractivity (Wildman–Crippen MR) is 117 cm³/mol. The Morgan fingerprint density at radius 3 is 1.34 bits per heavy atom. The summed E-state index contributed by atoms with van der Waals surface area (Å²) in [5.74, 6) is 2.13. The number of benzene rings is 1. The SMILES string of the molecule is Fc1c(P(F)(F)(F)F)ccc(C23CC4CC(CC(C4)C2)C3)c1C12CC3CC(CC(C3)C1)C2.